The molecule has 1 atom stereocenters. The standard InChI is InChI=1S/C17H19F3N2O5/c1-21(10-14(23)22-8-2-3-12(9-22)16(25)26)15(24)11-4-6-13(7-5-11)27-17(18,19)20/h4-7,12H,2-3,8-10H2,1H3,(H,25,26). The number of hydrogen-bond donors (Lipinski definition) is 1. The molecule has 0 aliphatic carbocycles. The minimum absolute atomic E-state index is 0.0969. The van der Waals surface area contributed by atoms with E-state index in [-0.39, 0.29) is 24.6 Å². The molecule has 148 valence electrons. The highest BCUT2D eigenvalue weighted by Gasteiger charge is 2.31. The lowest BCUT2D eigenvalue weighted by Gasteiger charge is -2.32. The number of carboxylic acids is 1. The van der Waals surface area contributed by atoms with Crippen molar-refractivity contribution in [1.82, 2.24) is 9.80 Å². The van der Waals surface area contributed by atoms with E-state index in [1.165, 1.54) is 24.1 Å². The number of carboxylic acid groups (broad SMARTS) is 1. The summed E-state index contributed by atoms with van der Waals surface area (Å²) in [6, 6.07) is 4.37. The summed E-state index contributed by atoms with van der Waals surface area (Å²) in [4.78, 5) is 38.3. The number of benzene rings is 1. The molecule has 7 nitrogen and oxygen atoms in total. The molecule has 0 radical (unpaired) electrons. The Labute approximate surface area is 153 Å². The van der Waals surface area contributed by atoms with Crippen LogP contribution in [-0.4, -0.2) is 65.7 Å². The van der Waals surface area contributed by atoms with Crippen LogP contribution < -0.4 is 4.74 Å². The van der Waals surface area contributed by atoms with Gasteiger partial charge in [-0.25, -0.2) is 0 Å². The van der Waals surface area contributed by atoms with Crippen molar-refractivity contribution in [3.05, 3.63) is 29.8 Å². The number of hydrogen-bond acceptors (Lipinski definition) is 4. The summed E-state index contributed by atoms with van der Waals surface area (Å²) < 4.78 is 40.2. The first-order valence-electron chi connectivity index (χ1n) is 8.18. The molecule has 27 heavy (non-hydrogen) atoms. The van der Waals surface area contributed by atoms with Crippen molar-refractivity contribution in [3.8, 4) is 5.75 Å². The van der Waals surface area contributed by atoms with Gasteiger partial charge in [-0.3, -0.25) is 14.4 Å². The van der Waals surface area contributed by atoms with Crippen LogP contribution in [0.5, 0.6) is 5.75 Å². The molecule has 1 aromatic carbocycles. The maximum atomic E-state index is 12.3. The fraction of sp³-hybridized carbons (Fsp3) is 0.471. The molecule has 1 aliphatic rings. The third-order valence-corrected chi connectivity index (χ3v) is 4.18. The van der Waals surface area contributed by atoms with Crippen molar-refractivity contribution >= 4 is 17.8 Å². The van der Waals surface area contributed by atoms with Crippen LogP contribution in [0.25, 0.3) is 0 Å². The second-order valence-electron chi connectivity index (χ2n) is 6.25. The Morgan fingerprint density at radius 3 is 2.44 bits per heavy atom. The number of alkyl halides is 3. The Kier molecular flexibility index (Phi) is 6.29. The molecule has 1 unspecified atom stereocenters. The monoisotopic (exact) mass is 388 g/mol. The maximum Gasteiger partial charge on any atom is 0.573 e. The van der Waals surface area contributed by atoms with E-state index in [0.29, 0.717) is 19.4 Å². The molecule has 10 heteroatoms. The zero-order valence-corrected chi connectivity index (χ0v) is 14.5. The van der Waals surface area contributed by atoms with E-state index < -0.39 is 29.9 Å². The van der Waals surface area contributed by atoms with Gasteiger partial charge in [-0.15, -0.1) is 13.2 Å². The molecule has 1 aliphatic heterocycles. The third-order valence-electron chi connectivity index (χ3n) is 4.18. The zero-order chi connectivity index (χ0) is 20.2. The molecule has 0 spiro atoms. The number of piperidine rings is 1. The predicted molar refractivity (Wildman–Crippen MR) is 87.0 cm³/mol. The van der Waals surface area contributed by atoms with Crippen molar-refractivity contribution in [2.24, 2.45) is 5.92 Å². The highest BCUT2D eigenvalue weighted by Crippen LogP contribution is 2.23. The fourth-order valence-electron chi connectivity index (χ4n) is 2.80. The van der Waals surface area contributed by atoms with Crippen molar-refractivity contribution in [1.29, 1.82) is 0 Å². The number of aliphatic carboxylic acids is 1. The number of carbonyl (C=O) groups excluding carboxylic acids is 2. The lowest BCUT2D eigenvalue weighted by molar-refractivity contribution is -0.274. The fourth-order valence-corrected chi connectivity index (χ4v) is 2.80. The number of rotatable bonds is 5. The molecule has 2 amide bonds. The molecule has 2 rings (SSSR count). The first-order valence-corrected chi connectivity index (χ1v) is 8.18. The maximum absolute atomic E-state index is 12.3. The lowest BCUT2D eigenvalue weighted by Crippen LogP contribution is -2.46. The molecule has 1 N–H and O–H groups in total. The van der Waals surface area contributed by atoms with Gasteiger partial charge in [0.1, 0.15) is 5.75 Å². The summed E-state index contributed by atoms with van der Waals surface area (Å²) in [6.45, 7) is 0.264. The largest absolute Gasteiger partial charge is 0.573 e. The molecule has 0 bridgehead atoms. The van der Waals surface area contributed by atoms with Gasteiger partial charge in [0.2, 0.25) is 5.91 Å². The number of likely N-dealkylation sites (tertiary alicyclic amines) is 1. The number of nitrogens with zero attached hydrogens (tertiary/aromatic N) is 2. The Bertz CT molecular complexity index is 706. The van der Waals surface area contributed by atoms with Crippen molar-refractivity contribution in [2.45, 2.75) is 19.2 Å². The van der Waals surface area contributed by atoms with Gasteiger partial charge >= 0.3 is 12.3 Å². The molecule has 1 fully saturated rings. The smallest absolute Gasteiger partial charge is 0.481 e. The van der Waals surface area contributed by atoms with Gasteiger partial charge in [-0.1, -0.05) is 0 Å². The summed E-state index contributed by atoms with van der Waals surface area (Å²) in [5, 5.41) is 9.07. The number of amides is 2. The molecule has 1 aromatic rings. The average molecular weight is 388 g/mol. The quantitative estimate of drug-likeness (QED) is 0.834. The Balaban J connectivity index is 1.94. The minimum atomic E-state index is -4.82. The van der Waals surface area contributed by atoms with E-state index in [2.05, 4.69) is 4.74 Å². The summed E-state index contributed by atoms with van der Waals surface area (Å²) in [7, 11) is 1.39. The van der Waals surface area contributed by atoms with Gasteiger partial charge in [-0.2, -0.15) is 0 Å². The molecule has 0 saturated carbocycles. The summed E-state index contributed by atoms with van der Waals surface area (Å²) >= 11 is 0. The second-order valence-corrected chi connectivity index (χ2v) is 6.25. The first-order chi connectivity index (χ1) is 12.6. The second kappa shape index (κ2) is 8.28. The van der Waals surface area contributed by atoms with Gasteiger partial charge < -0.3 is 19.6 Å². The van der Waals surface area contributed by atoms with Crippen LogP contribution in [0.1, 0.15) is 23.2 Å². The predicted octanol–water partition coefficient (Wildman–Crippen LogP) is 1.98. The Morgan fingerprint density at radius 1 is 1.26 bits per heavy atom. The van der Waals surface area contributed by atoms with Gasteiger partial charge in [0.05, 0.1) is 12.5 Å². The van der Waals surface area contributed by atoms with Gasteiger partial charge in [-0.05, 0) is 37.1 Å². The van der Waals surface area contributed by atoms with Crippen LogP contribution in [0, 0.1) is 5.92 Å². The summed E-state index contributed by atoms with van der Waals surface area (Å²) in [6.07, 6.45) is -3.75. The highest BCUT2D eigenvalue weighted by molar-refractivity contribution is 5.96. The number of halogens is 3. The van der Waals surface area contributed by atoms with Crippen LogP contribution in [0.2, 0.25) is 0 Å². The van der Waals surface area contributed by atoms with Crippen LogP contribution in [0.15, 0.2) is 24.3 Å². The van der Waals surface area contributed by atoms with E-state index in [0.717, 1.165) is 17.0 Å². The van der Waals surface area contributed by atoms with Crippen LogP contribution >= 0.6 is 0 Å². The number of carbonyl (C=O) groups is 3. The van der Waals surface area contributed by atoms with Gasteiger partial charge in [0.15, 0.2) is 0 Å². The minimum Gasteiger partial charge on any atom is -0.481 e. The number of ether oxygens (including phenoxy) is 1. The third kappa shape index (κ3) is 5.87. The van der Waals surface area contributed by atoms with E-state index in [1.54, 1.807) is 0 Å². The molecular formula is C17H19F3N2O5. The Morgan fingerprint density at radius 2 is 1.89 bits per heavy atom. The van der Waals surface area contributed by atoms with Crippen LogP contribution in [0.3, 0.4) is 0 Å². The van der Waals surface area contributed by atoms with E-state index in [9.17, 15) is 27.6 Å². The van der Waals surface area contributed by atoms with Crippen molar-refractivity contribution in [2.75, 3.05) is 26.7 Å². The summed E-state index contributed by atoms with van der Waals surface area (Å²) in [5.74, 6) is -2.96. The van der Waals surface area contributed by atoms with Crippen molar-refractivity contribution < 1.29 is 37.4 Å². The van der Waals surface area contributed by atoms with E-state index >= 15 is 0 Å². The number of likely N-dealkylation sites (N-methyl/N-ethyl adjacent to an activating group) is 1. The molecule has 1 saturated heterocycles. The highest BCUT2D eigenvalue weighted by atomic mass is 19.4. The molecular weight excluding hydrogens is 369 g/mol. The first kappa shape index (κ1) is 20.5. The Hall–Kier alpha value is -2.78. The zero-order valence-electron chi connectivity index (χ0n) is 14.5. The van der Waals surface area contributed by atoms with E-state index in [1.807, 2.05) is 0 Å². The topological polar surface area (TPSA) is 87.2 Å². The van der Waals surface area contributed by atoms with Crippen LogP contribution in [0.4, 0.5) is 13.2 Å². The summed E-state index contributed by atoms with van der Waals surface area (Å²) in [5.41, 5.74) is 0.0990. The average Bonchev–Trinajstić information content (AvgIpc) is 2.60. The SMILES string of the molecule is CN(CC(=O)N1CCCC(C(=O)O)C1)C(=O)c1ccc(OC(F)(F)F)cc1. The normalized spacial score (nSPS) is 17.3. The van der Waals surface area contributed by atoms with Crippen LogP contribution in [-0.2, 0) is 9.59 Å². The van der Waals surface area contributed by atoms with E-state index in [4.69, 9.17) is 5.11 Å². The molecule has 0 aromatic heterocycles. The lowest BCUT2D eigenvalue weighted by atomic mass is 9.98. The van der Waals surface area contributed by atoms with Gasteiger partial charge in [0, 0.05) is 25.7 Å². The van der Waals surface area contributed by atoms with Gasteiger partial charge in [0.25, 0.3) is 5.91 Å². The molecule has 1 heterocycles. The van der Waals surface area contributed by atoms with Crippen molar-refractivity contribution in [3.63, 3.8) is 0 Å².